The highest BCUT2D eigenvalue weighted by molar-refractivity contribution is 5.51. The summed E-state index contributed by atoms with van der Waals surface area (Å²) in [6.07, 6.45) is 3.83. The summed E-state index contributed by atoms with van der Waals surface area (Å²) >= 11 is 0. The minimum Gasteiger partial charge on any atom is -0.399 e. The molecule has 24 heavy (non-hydrogen) atoms. The first-order valence-corrected chi connectivity index (χ1v) is 8.84. The molecule has 4 N–H and O–H groups in total. The summed E-state index contributed by atoms with van der Waals surface area (Å²) < 4.78 is 15.4. The van der Waals surface area contributed by atoms with Gasteiger partial charge < -0.3 is 11.5 Å². The molecule has 0 bridgehead atoms. The molecule has 0 saturated heterocycles. The van der Waals surface area contributed by atoms with Gasteiger partial charge in [0, 0.05) is 16.8 Å². The van der Waals surface area contributed by atoms with Crippen LogP contribution in [0.5, 0.6) is 0 Å². The van der Waals surface area contributed by atoms with Crippen molar-refractivity contribution >= 4 is 11.4 Å². The molecule has 0 aromatic heterocycles. The topological polar surface area (TPSA) is 52.0 Å². The molecular formula is C21H29FN2. The Kier molecular flexibility index (Phi) is 6.24. The highest BCUT2D eigenvalue weighted by Gasteiger charge is 2.38. The second kappa shape index (κ2) is 8.18. The third-order valence-electron chi connectivity index (χ3n) is 4.91. The smallest absolute Gasteiger partial charge is 0.114 e. The number of hydrogen-bond acceptors (Lipinski definition) is 2. The molecule has 0 amide bonds. The maximum atomic E-state index is 15.4. The zero-order valence-electron chi connectivity index (χ0n) is 14.8. The normalized spacial score (nSPS) is 13.0. The highest BCUT2D eigenvalue weighted by atomic mass is 19.1. The van der Waals surface area contributed by atoms with Gasteiger partial charge in [-0.1, -0.05) is 56.9 Å². The molecule has 2 rings (SSSR count). The number of rotatable bonds is 8. The third-order valence-corrected chi connectivity index (χ3v) is 4.91. The molecule has 1 unspecified atom stereocenters. The van der Waals surface area contributed by atoms with E-state index in [1.165, 1.54) is 0 Å². The van der Waals surface area contributed by atoms with Crippen molar-refractivity contribution in [1.82, 2.24) is 0 Å². The predicted molar refractivity (Wildman–Crippen MR) is 102 cm³/mol. The Hall–Kier alpha value is -2.03. The van der Waals surface area contributed by atoms with Gasteiger partial charge in [-0.3, -0.25) is 0 Å². The van der Waals surface area contributed by atoms with Crippen LogP contribution in [0.1, 0.15) is 57.1 Å². The lowest BCUT2D eigenvalue weighted by molar-refractivity contribution is 0.213. The molecule has 3 heteroatoms. The molecule has 0 aliphatic heterocycles. The standard InChI is InChI=1S/C21H29FN2/c1-3-4-5-6-13-20(22)21(2,16-9-7-11-18(23)14-16)17-10-8-12-19(24)15-17/h7-12,14-15,20H,3-6,13,23-24H2,1-2H3. The van der Waals surface area contributed by atoms with Gasteiger partial charge in [0.15, 0.2) is 0 Å². The van der Waals surface area contributed by atoms with Crippen molar-refractivity contribution in [2.75, 3.05) is 11.5 Å². The van der Waals surface area contributed by atoms with E-state index < -0.39 is 11.6 Å². The lowest BCUT2D eigenvalue weighted by Crippen LogP contribution is -2.35. The van der Waals surface area contributed by atoms with Crippen molar-refractivity contribution in [1.29, 1.82) is 0 Å². The van der Waals surface area contributed by atoms with Crippen molar-refractivity contribution in [3.63, 3.8) is 0 Å². The Labute approximate surface area is 145 Å². The number of benzene rings is 2. The van der Waals surface area contributed by atoms with Crippen LogP contribution in [0.4, 0.5) is 15.8 Å². The van der Waals surface area contributed by atoms with Crippen LogP contribution >= 0.6 is 0 Å². The maximum Gasteiger partial charge on any atom is 0.114 e. The molecule has 0 radical (unpaired) electrons. The first-order valence-electron chi connectivity index (χ1n) is 8.84. The van der Waals surface area contributed by atoms with Crippen molar-refractivity contribution in [3.05, 3.63) is 59.7 Å². The Balaban J connectivity index is 2.37. The quantitative estimate of drug-likeness (QED) is 0.499. The van der Waals surface area contributed by atoms with E-state index in [-0.39, 0.29) is 0 Å². The van der Waals surface area contributed by atoms with Crippen LogP contribution in [-0.4, -0.2) is 6.17 Å². The molecule has 0 aliphatic carbocycles. The fourth-order valence-electron chi connectivity index (χ4n) is 3.29. The van der Waals surface area contributed by atoms with Crippen LogP contribution in [-0.2, 0) is 5.41 Å². The van der Waals surface area contributed by atoms with E-state index in [4.69, 9.17) is 11.5 Å². The average molecular weight is 328 g/mol. The molecule has 0 fully saturated rings. The van der Waals surface area contributed by atoms with Crippen molar-refractivity contribution in [2.45, 2.75) is 57.5 Å². The molecular weight excluding hydrogens is 299 g/mol. The summed E-state index contributed by atoms with van der Waals surface area (Å²) in [4.78, 5) is 0. The van der Waals surface area contributed by atoms with E-state index in [1.807, 2.05) is 55.5 Å². The van der Waals surface area contributed by atoms with Crippen LogP contribution in [0, 0.1) is 0 Å². The number of halogens is 1. The number of nitrogens with two attached hydrogens (primary N) is 2. The summed E-state index contributed by atoms with van der Waals surface area (Å²) in [7, 11) is 0. The lowest BCUT2D eigenvalue weighted by atomic mass is 9.71. The fraction of sp³-hybridized carbons (Fsp3) is 0.429. The number of hydrogen-bond donors (Lipinski definition) is 2. The summed E-state index contributed by atoms with van der Waals surface area (Å²) in [5.41, 5.74) is 14.3. The summed E-state index contributed by atoms with van der Waals surface area (Å²) in [5, 5.41) is 0. The van der Waals surface area contributed by atoms with Gasteiger partial charge in [0.1, 0.15) is 6.17 Å². The molecule has 2 nitrogen and oxygen atoms in total. The van der Waals surface area contributed by atoms with Crippen LogP contribution in [0.2, 0.25) is 0 Å². The number of unbranched alkanes of at least 4 members (excludes halogenated alkanes) is 3. The largest absolute Gasteiger partial charge is 0.399 e. The van der Waals surface area contributed by atoms with Gasteiger partial charge in [0.05, 0.1) is 0 Å². The van der Waals surface area contributed by atoms with Gasteiger partial charge >= 0.3 is 0 Å². The lowest BCUT2D eigenvalue weighted by Gasteiger charge is -2.35. The number of alkyl halides is 1. The molecule has 130 valence electrons. The summed E-state index contributed by atoms with van der Waals surface area (Å²) in [6.45, 7) is 4.12. The number of anilines is 2. The van der Waals surface area contributed by atoms with Gasteiger partial charge in [-0.2, -0.15) is 0 Å². The van der Waals surface area contributed by atoms with Crippen molar-refractivity contribution < 1.29 is 4.39 Å². The molecule has 1 atom stereocenters. The minimum atomic E-state index is -0.988. The van der Waals surface area contributed by atoms with E-state index in [0.717, 1.165) is 36.8 Å². The first-order chi connectivity index (χ1) is 11.5. The molecule has 0 aliphatic rings. The van der Waals surface area contributed by atoms with Crippen molar-refractivity contribution in [3.8, 4) is 0 Å². The second-order valence-corrected chi connectivity index (χ2v) is 6.77. The highest BCUT2D eigenvalue weighted by Crippen LogP contribution is 2.40. The van der Waals surface area contributed by atoms with Gasteiger partial charge in [0.2, 0.25) is 0 Å². The summed E-state index contributed by atoms with van der Waals surface area (Å²) in [6, 6.07) is 15.1. The molecule has 2 aromatic rings. The number of nitrogen functional groups attached to an aromatic ring is 2. The Morgan fingerprint density at radius 1 is 0.917 bits per heavy atom. The van der Waals surface area contributed by atoms with Crippen LogP contribution in [0.25, 0.3) is 0 Å². The second-order valence-electron chi connectivity index (χ2n) is 6.77. The Bertz CT molecular complexity index is 608. The molecule has 0 saturated carbocycles. The van der Waals surface area contributed by atoms with Gasteiger partial charge in [-0.25, -0.2) is 4.39 Å². The van der Waals surface area contributed by atoms with Crippen LogP contribution in [0.3, 0.4) is 0 Å². The van der Waals surface area contributed by atoms with Gasteiger partial charge in [-0.05, 0) is 48.7 Å². The average Bonchev–Trinajstić information content (AvgIpc) is 2.57. The molecule has 0 spiro atoms. The van der Waals surface area contributed by atoms with Gasteiger partial charge in [0.25, 0.3) is 0 Å². The Morgan fingerprint density at radius 3 is 1.92 bits per heavy atom. The zero-order chi connectivity index (χ0) is 17.6. The van der Waals surface area contributed by atoms with E-state index in [2.05, 4.69) is 6.92 Å². The zero-order valence-corrected chi connectivity index (χ0v) is 14.8. The van der Waals surface area contributed by atoms with E-state index in [0.29, 0.717) is 17.8 Å². The minimum absolute atomic E-state index is 0.542. The van der Waals surface area contributed by atoms with Gasteiger partial charge in [-0.15, -0.1) is 0 Å². The third kappa shape index (κ3) is 4.08. The first kappa shape index (κ1) is 18.3. The van der Waals surface area contributed by atoms with E-state index in [1.54, 1.807) is 0 Å². The molecule has 0 heterocycles. The maximum absolute atomic E-state index is 15.4. The molecule has 2 aromatic carbocycles. The fourth-order valence-corrected chi connectivity index (χ4v) is 3.29. The Morgan fingerprint density at radius 2 is 1.46 bits per heavy atom. The van der Waals surface area contributed by atoms with Crippen LogP contribution < -0.4 is 11.5 Å². The van der Waals surface area contributed by atoms with Crippen LogP contribution in [0.15, 0.2) is 48.5 Å². The van der Waals surface area contributed by atoms with E-state index >= 15 is 4.39 Å². The predicted octanol–water partition coefficient (Wildman–Crippen LogP) is 5.47. The SMILES string of the molecule is CCCCCCC(F)C(C)(c1cccc(N)c1)c1cccc(N)c1. The monoisotopic (exact) mass is 328 g/mol. The van der Waals surface area contributed by atoms with E-state index in [9.17, 15) is 0 Å². The summed E-state index contributed by atoms with van der Waals surface area (Å²) in [5.74, 6) is 0. The van der Waals surface area contributed by atoms with Crippen molar-refractivity contribution in [2.24, 2.45) is 0 Å².